The molecule has 0 spiro atoms. The van der Waals surface area contributed by atoms with Crippen molar-refractivity contribution < 1.29 is 9.53 Å². The molecule has 5 nitrogen and oxygen atoms in total. The number of carbonyl (C=O) groups excluding carboxylic acids is 1. The highest BCUT2D eigenvalue weighted by Gasteiger charge is 2.30. The van der Waals surface area contributed by atoms with Gasteiger partial charge in [-0.2, -0.15) is 0 Å². The molecule has 1 N–H and O–H groups in total. The van der Waals surface area contributed by atoms with Gasteiger partial charge in [-0.1, -0.05) is 13.8 Å². The van der Waals surface area contributed by atoms with Gasteiger partial charge in [-0.15, -0.1) is 0 Å². The van der Waals surface area contributed by atoms with Crippen LogP contribution in [0.15, 0.2) is 0 Å². The fraction of sp³-hybridized carbons (Fsp3) is 0.929. The van der Waals surface area contributed by atoms with Gasteiger partial charge in [0.1, 0.15) is 0 Å². The van der Waals surface area contributed by atoms with Crippen molar-refractivity contribution in [2.75, 3.05) is 45.9 Å². The molecule has 19 heavy (non-hydrogen) atoms. The number of carbonyl (C=O) groups is 1. The predicted molar refractivity (Wildman–Crippen MR) is 75.1 cm³/mol. The van der Waals surface area contributed by atoms with Crippen molar-refractivity contribution >= 4 is 5.91 Å². The molecule has 110 valence electrons. The average molecular weight is 269 g/mol. The van der Waals surface area contributed by atoms with E-state index >= 15 is 0 Å². The van der Waals surface area contributed by atoms with Gasteiger partial charge in [0, 0.05) is 32.2 Å². The number of hydrogen-bond donors (Lipinski definition) is 1. The summed E-state index contributed by atoms with van der Waals surface area (Å²) in [6, 6.07) is 0.546. The lowest BCUT2D eigenvalue weighted by molar-refractivity contribution is -0.133. The molecule has 0 saturated carbocycles. The summed E-state index contributed by atoms with van der Waals surface area (Å²) in [5.74, 6) is 0.253. The van der Waals surface area contributed by atoms with Gasteiger partial charge >= 0.3 is 0 Å². The topological polar surface area (TPSA) is 44.8 Å². The number of hydrogen-bond acceptors (Lipinski definition) is 4. The van der Waals surface area contributed by atoms with Crippen LogP contribution in [-0.2, 0) is 9.53 Å². The van der Waals surface area contributed by atoms with Crippen molar-refractivity contribution in [3.8, 4) is 0 Å². The molecular weight excluding hydrogens is 242 g/mol. The number of nitrogens with zero attached hydrogens (tertiary/aromatic N) is 2. The number of morpholine rings is 1. The smallest absolute Gasteiger partial charge is 0.225 e. The first-order chi connectivity index (χ1) is 9.24. The Labute approximate surface area is 116 Å². The van der Waals surface area contributed by atoms with Crippen LogP contribution in [0.5, 0.6) is 0 Å². The molecule has 2 heterocycles. The summed E-state index contributed by atoms with van der Waals surface area (Å²) in [5, 5.41) is 3.27. The number of nitrogens with one attached hydrogen (secondary N) is 1. The number of rotatable bonds is 5. The van der Waals surface area contributed by atoms with Gasteiger partial charge in [-0.3, -0.25) is 9.69 Å². The molecule has 0 aliphatic carbocycles. The predicted octanol–water partition coefficient (Wildman–Crippen LogP) is 0.308. The monoisotopic (exact) mass is 269 g/mol. The third kappa shape index (κ3) is 3.91. The van der Waals surface area contributed by atoms with Crippen LogP contribution >= 0.6 is 0 Å². The van der Waals surface area contributed by atoms with Gasteiger partial charge < -0.3 is 15.0 Å². The van der Waals surface area contributed by atoms with E-state index in [4.69, 9.17) is 4.74 Å². The maximum atomic E-state index is 12.3. The van der Waals surface area contributed by atoms with Crippen molar-refractivity contribution in [2.24, 2.45) is 0 Å². The Hall–Kier alpha value is -0.650. The molecule has 5 heteroatoms. The summed E-state index contributed by atoms with van der Waals surface area (Å²) in [6.07, 6.45) is 1.70. The van der Waals surface area contributed by atoms with Crippen LogP contribution in [0.2, 0.25) is 0 Å². The van der Waals surface area contributed by atoms with E-state index in [9.17, 15) is 4.79 Å². The van der Waals surface area contributed by atoms with Crippen LogP contribution in [0.4, 0.5) is 0 Å². The molecule has 0 aromatic heterocycles. The lowest BCUT2D eigenvalue weighted by Gasteiger charge is -2.27. The molecule has 1 amide bonds. The van der Waals surface area contributed by atoms with Crippen molar-refractivity contribution in [1.29, 1.82) is 0 Å². The van der Waals surface area contributed by atoms with E-state index in [1.54, 1.807) is 0 Å². The summed E-state index contributed by atoms with van der Waals surface area (Å²) in [7, 11) is 0. The zero-order chi connectivity index (χ0) is 13.7. The molecule has 2 aliphatic heterocycles. The lowest BCUT2D eigenvalue weighted by Crippen LogP contribution is -2.43. The SMILES string of the molecule is CCN(CC)C1CCN(C(=O)CC2CNCCO2)C1. The second kappa shape index (κ2) is 7.22. The fourth-order valence-corrected chi connectivity index (χ4v) is 3.08. The Morgan fingerprint density at radius 3 is 2.84 bits per heavy atom. The van der Waals surface area contributed by atoms with Crippen molar-refractivity contribution in [3.63, 3.8) is 0 Å². The van der Waals surface area contributed by atoms with Crippen LogP contribution in [0, 0.1) is 0 Å². The number of amides is 1. The van der Waals surface area contributed by atoms with E-state index in [0.717, 1.165) is 52.3 Å². The molecule has 2 atom stereocenters. The van der Waals surface area contributed by atoms with Crippen LogP contribution in [0.1, 0.15) is 26.7 Å². The molecule has 2 unspecified atom stereocenters. The van der Waals surface area contributed by atoms with Gasteiger partial charge in [0.05, 0.1) is 19.1 Å². The summed E-state index contributed by atoms with van der Waals surface area (Å²) in [4.78, 5) is 16.7. The second-order valence-electron chi connectivity index (χ2n) is 5.40. The molecule has 0 aromatic rings. The van der Waals surface area contributed by atoms with Crippen molar-refractivity contribution in [2.45, 2.75) is 38.8 Å². The molecule has 0 radical (unpaired) electrons. The highest BCUT2D eigenvalue weighted by atomic mass is 16.5. The normalized spacial score (nSPS) is 28.1. The van der Waals surface area contributed by atoms with E-state index in [-0.39, 0.29) is 12.0 Å². The summed E-state index contributed by atoms with van der Waals surface area (Å²) in [5.41, 5.74) is 0. The van der Waals surface area contributed by atoms with Gasteiger partial charge in [0.2, 0.25) is 5.91 Å². The van der Waals surface area contributed by atoms with Crippen LogP contribution in [0.25, 0.3) is 0 Å². The minimum Gasteiger partial charge on any atom is -0.375 e. The highest BCUT2D eigenvalue weighted by Crippen LogP contribution is 2.17. The standard InChI is InChI=1S/C14H27N3O2/c1-3-16(4-2)12-5-7-17(11-12)14(18)9-13-10-15-6-8-19-13/h12-13,15H,3-11H2,1-2H3. The Kier molecular flexibility index (Phi) is 5.60. The quantitative estimate of drug-likeness (QED) is 0.780. The minimum absolute atomic E-state index is 0.0637. The Balaban J connectivity index is 1.77. The van der Waals surface area contributed by atoms with Crippen molar-refractivity contribution in [3.05, 3.63) is 0 Å². The average Bonchev–Trinajstić information content (AvgIpc) is 2.91. The zero-order valence-corrected chi connectivity index (χ0v) is 12.2. The van der Waals surface area contributed by atoms with E-state index in [1.165, 1.54) is 0 Å². The maximum Gasteiger partial charge on any atom is 0.225 e. The zero-order valence-electron chi connectivity index (χ0n) is 12.2. The molecule has 2 aliphatic rings. The van der Waals surface area contributed by atoms with Crippen LogP contribution in [-0.4, -0.2) is 73.7 Å². The van der Waals surface area contributed by atoms with E-state index in [0.29, 0.717) is 12.5 Å². The summed E-state index contributed by atoms with van der Waals surface area (Å²) < 4.78 is 5.60. The number of likely N-dealkylation sites (N-methyl/N-ethyl adjacent to an activating group) is 1. The number of ether oxygens (including phenoxy) is 1. The Morgan fingerprint density at radius 1 is 1.42 bits per heavy atom. The summed E-state index contributed by atoms with van der Waals surface area (Å²) in [6.45, 7) is 10.7. The van der Waals surface area contributed by atoms with E-state index < -0.39 is 0 Å². The molecular formula is C14H27N3O2. The summed E-state index contributed by atoms with van der Waals surface area (Å²) >= 11 is 0. The van der Waals surface area contributed by atoms with Gasteiger partial charge in [0.15, 0.2) is 0 Å². The first kappa shape index (κ1) is 14.8. The molecule has 2 fully saturated rings. The van der Waals surface area contributed by atoms with E-state index in [2.05, 4.69) is 24.1 Å². The van der Waals surface area contributed by atoms with Gasteiger partial charge in [-0.05, 0) is 19.5 Å². The largest absolute Gasteiger partial charge is 0.375 e. The maximum absolute atomic E-state index is 12.3. The van der Waals surface area contributed by atoms with Crippen molar-refractivity contribution in [1.82, 2.24) is 15.1 Å². The fourth-order valence-electron chi connectivity index (χ4n) is 3.08. The first-order valence-corrected chi connectivity index (χ1v) is 7.58. The Morgan fingerprint density at radius 2 is 2.21 bits per heavy atom. The van der Waals surface area contributed by atoms with Gasteiger partial charge in [0.25, 0.3) is 0 Å². The van der Waals surface area contributed by atoms with E-state index in [1.807, 2.05) is 4.90 Å². The highest BCUT2D eigenvalue weighted by molar-refractivity contribution is 5.77. The lowest BCUT2D eigenvalue weighted by atomic mass is 10.2. The minimum atomic E-state index is 0.0637. The number of likely N-dealkylation sites (tertiary alicyclic amines) is 1. The molecule has 2 rings (SSSR count). The van der Waals surface area contributed by atoms with Gasteiger partial charge in [-0.25, -0.2) is 0 Å². The van der Waals surface area contributed by atoms with Crippen LogP contribution < -0.4 is 5.32 Å². The molecule has 0 aromatic carbocycles. The first-order valence-electron chi connectivity index (χ1n) is 7.58. The molecule has 0 bridgehead atoms. The Bertz CT molecular complexity index is 288. The second-order valence-corrected chi connectivity index (χ2v) is 5.40. The third-order valence-electron chi connectivity index (χ3n) is 4.25. The van der Waals surface area contributed by atoms with Crippen LogP contribution in [0.3, 0.4) is 0 Å². The molecule has 2 saturated heterocycles. The third-order valence-corrected chi connectivity index (χ3v) is 4.25.